The number of aryl methyl sites for hydroxylation is 1. The molecule has 1 aromatic heterocycles. The first kappa shape index (κ1) is 19.4. The maximum atomic E-state index is 12.9. The zero-order valence-corrected chi connectivity index (χ0v) is 15.7. The van der Waals surface area contributed by atoms with Crippen LogP contribution < -0.4 is 16.0 Å². The number of para-hydroxylation sites is 1. The van der Waals surface area contributed by atoms with Gasteiger partial charge >= 0.3 is 6.03 Å². The van der Waals surface area contributed by atoms with Gasteiger partial charge in [-0.25, -0.2) is 9.18 Å². The van der Waals surface area contributed by atoms with Crippen molar-refractivity contribution in [2.75, 3.05) is 6.54 Å². The highest BCUT2D eigenvalue weighted by atomic mass is 19.1. The SMILES string of the molecule is Cc1c(C(C)NC(=O)CNC(=O)NCc2ccc(F)cc2)oc2ccccc12. The van der Waals surface area contributed by atoms with Crippen molar-refractivity contribution in [3.8, 4) is 0 Å². The number of hydrogen-bond acceptors (Lipinski definition) is 3. The summed E-state index contributed by atoms with van der Waals surface area (Å²) in [5, 5.41) is 8.94. The number of urea groups is 1. The van der Waals surface area contributed by atoms with Crippen molar-refractivity contribution in [1.29, 1.82) is 0 Å². The van der Waals surface area contributed by atoms with Crippen LogP contribution in [-0.4, -0.2) is 18.5 Å². The third-order valence-electron chi connectivity index (χ3n) is 4.43. The van der Waals surface area contributed by atoms with Crippen LogP contribution in [0.3, 0.4) is 0 Å². The van der Waals surface area contributed by atoms with Gasteiger partial charge in [0.2, 0.25) is 5.91 Å². The maximum Gasteiger partial charge on any atom is 0.315 e. The van der Waals surface area contributed by atoms with Crippen LogP contribution in [0.4, 0.5) is 9.18 Å². The monoisotopic (exact) mass is 383 g/mol. The first-order valence-electron chi connectivity index (χ1n) is 8.97. The Morgan fingerprint density at radius 3 is 2.50 bits per heavy atom. The highest BCUT2D eigenvalue weighted by Crippen LogP contribution is 2.28. The van der Waals surface area contributed by atoms with E-state index in [9.17, 15) is 14.0 Å². The number of carbonyl (C=O) groups is 2. The second-order valence-electron chi connectivity index (χ2n) is 6.54. The van der Waals surface area contributed by atoms with Gasteiger partial charge in [-0.3, -0.25) is 4.79 Å². The molecule has 0 saturated heterocycles. The summed E-state index contributed by atoms with van der Waals surface area (Å²) in [5.74, 6) is 0.0262. The van der Waals surface area contributed by atoms with Gasteiger partial charge in [0.05, 0.1) is 12.6 Å². The van der Waals surface area contributed by atoms with Crippen LogP contribution in [0.2, 0.25) is 0 Å². The van der Waals surface area contributed by atoms with Gasteiger partial charge in [-0.05, 0) is 37.6 Å². The van der Waals surface area contributed by atoms with Crippen LogP contribution in [0.1, 0.15) is 29.9 Å². The Bertz CT molecular complexity index is 982. The minimum Gasteiger partial charge on any atom is -0.459 e. The zero-order valence-electron chi connectivity index (χ0n) is 15.7. The van der Waals surface area contributed by atoms with Crippen LogP contribution in [0.5, 0.6) is 0 Å². The number of furan rings is 1. The summed E-state index contributed by atoms with van der Waals surface area (Å²) >= 11 is 0. The summed E-state index contributed by atoms with van der Waals surface area (Å²) in [6.45, 7) is 3.85. The fraction of sp³-hybridized carbons (Fsp3) is 0.238. The van der Waals surface area contributed by atoms with E-state index >= 15 is 0 Å². The van der Waals surface area contributed by atoms with Gasteiger partial charge in [0, 0.05) is 17.5 Å². The molecule has 0 spiro atoms. The molecule has 1 atom stereocenters. The lowest BCUT2D eigenvalue weighted by molar-refractivity contribution is -0.120. The van der Waals surface area contributed by atoms with Crippen molar-refractivity contribution in [3.05, 3.63) is 71.2 Å². The van der Waals surface area contributed by atoms with Crippen molar-refractivity contribution < 1.29 is 18.4 Å². The van der Waals surface area contributed by atoms with Gasteiger partial charge in [0.15, 0.2) is 0 Å². The summed E-state index contributed by atoms with van der Waals surface area (Å²) in [6, 6.07) is 12.7. The molecule has 0 aliphatic heterocycles. The molecule has 6 nitrogen and oxygen atoms in total. The van der Waals surface area contributed by atoms with Gasteiger partial charge < -0.3 is 20.4 Å². The number of nitrogens with one attached hydrogen (secondary N) is 3. The number of fused-ring (bicyclic) bond motifs is 1. The molecule has 1 heterocycles. The van der Waals surface area contributed by atoms with E-state index in [1.165, 1.54) is 12.1 Å². The molecule has 3 aromatic rings. The van der Waals surface area contributed by atoms with E-state index in [4.69, 9.17) is 4.42 Å². The number of carbonyl (C=O) groups excluding carboxylic acids is 2. The third-order valence-corrected chi connectivity index (χ3v) is 4.43. The minimum atomic E-state index is -0.480. The fourth-order valence-electron chi connectivity index (χ4n) is 2.97. The molecule has 0 aliphatic carbocycles. The van der Waals surface area contributed by atoms with E-state index in [0.717, 1.165) is 22.1 Å². The fourth-order valence-corrected chi connectivity index (χ4v) is 2.97. The molecule has 28 heavy (non-hydrogen) atoms. The van der Waals surface area contributed by atoms with Gasteiger partial charge in [-0.2, -0.15) is 0 Å². The van der Waals surface area contributed by atoms with Crippen LogP contribution in [0, 0.1) is 12.7 Å². The molecule has 0 radical (unpaired) electrons. The average molecular weight is 383 g/mol. The van der Waals surface area contributed by atoms with Gasteiger partial charge in [-0.15, -0.1) is 0 Å². The first-order valence-corrected chi connectivity index (χ1v) is 8.97. The summed E-state index contributed by atoms with van der Waals surface area (Å²) in [6.07, 6.45) is 0. The largest absolute Gasteiger partial charge is 0.459 e. The van der Waals surface area contributed by atoms with Crippen LogP contribution >= 0.6 is 0 Å². The van der Waals surface area contributed by atoms with E-state index in [2.05, 4.69) is 16.0 Å². The molecule has 3 rings (SSSR count). The Balaban J connectivity index is 1.47. The quantitative estimate of drug-likeness (QED) is 0.609. The Kier molecular flexibility index (Phi) is 5.93. The van der Waals surface area contributed by atoms with Gasteiger partial charge in [-0.1, -0.05) is 30.3 Å². The summed E-state index contributed by atoms with van der Waals surface area (Å²) in [5.41, 5.74) is 2.51. The Labute approximate surface area is 162 Å². The zero-order chi connectivity index (χ0) is 20.1. The molecule has 0 aliphatic rings. The highest BCUT2D eigenvalue weighted by molar-refractivity contribution is 5.85. The van der Waals surface area contributed by atoms with Crippen LogP contribution in [0.25, 0.3) is 11.0 Å². The lowest BCUT2D eigenvalue weighted by atomic mass is 10.1. The van der Waals surface area contributed by atoms with Crippen molar-refractivity contribution in [3.63, 3.8) is 0 Å². The topological polar surface area (TPSA) is 83.4 Å². The van der Waals surface area contributed by atoms with Crippen LogP contribution in [-0.2, 0) is 11.3 Å². The molecule has 146 valence electrons. The lowest BCUT2D eigenvalue weighted by Gasteiger charge is -2.13. The average Bonchev–Trinajstić information content (AvgIpc) is 3.03. The number of rotatable bonds is 6. The molecule has 2 aromatic carbocycles. The molecular weight excluding hydrogens is 361 g/mol. The maximum absolute atomic E-state index is 12.9. The second-order valence-corrected chi connectivity index (χ2v) is 6.54. The number of benzene rings is 2. The molecule has 7 heteroatoms. The summed E-state index contributed by atoms with van der Waals surface area (Å²) < 4.78 is 18.7. The van der Waals surface area contributed by atoms with E-state index in [-0.39, 0.29) is 30.9 Å². The molecule has 3 N–H and O–H groups in total. The molecule has 0 fully saturated rings. The summed E-state index contributed by atoms with van der Waals surface area (Å²) in [7, 11) is 0. The predicted octanol–water partition coefficient (Wildman–Crippen LogP) is 3.56. The smallest absolute Gasteiger partial charge is 0.315 e. The standard InChI is InChI=1S/C21H22FN3O3/c1-13-17-5-3-4-6-18(17)28-20(13)14(2)25-19(26)12-24-21(27)23-11-15-7-9-16(22)10-8-15/h3-10,14H,11-12H2,1-2H3,(H,25,26)(H2,23,24,27). The molecule has 3 amide bonds. The van der Waals surface area contributed by atoms with Crippen LogP contribution in [0.15, 0.2) is 52.9 Å². The van der Waals surface area contributed by atoms with E-state index in [1.54, 1.807) is 12.1 Å². The van der Waals surface area contributed by atoms with Crippen molar-refractivity contribution in [1.82, 2.24) is 16.0 Å². The molecule has 0 saturated carbocycles. The lowest BCUT2D eigenvalue weighted by Crippen LogP contribution is -2.42. The normalized spacial score (nSPS) is 11.8. The van der Waals surface area contributed by atoms with E-state index in [0.29, 0.717) is 5.76 Å². The van der Waals surface area contributed by atoms with Crippen molar-refractivity contribution >= 4 is 22.9 Å². The molecular formula is C21H22FN3O3. The summed E-state index contributed by atoms with van der Waals surface area (Å²) in [4.78, 5) is 24.0. The molecule has 1 unspecified atom stereocenters. The number of hydrogen-bond donors (Lipinski definition) is 3. The van der Waals surface area contributed by atoms with E-state index < -0.39 is 6.03 Å². The molecule has 0 bridgehead atoms. The first-order chi connectivity index (χ1) is 13.4. The number of amides is 3. The second kappa shape index (κ2) is 8.56. The Hall–Kier alpha value is -3.35. The van der Waals surface area contributed by atoms with Crippen molar-refractivity contribution in [2.24, 2.45) is 0 Å². The minimum absolute atomic E-state index is 0.168. The Morgan fingerprint density at radius 1 is 1.07 bits per heavy atom. The predicted molar refractivity (Wildman–Crippen MR) is 104 cm³/mol. The third kappa shape index (κ3) is 4.68. The van der Waals surface area contributed by atoms with Gasteiger partial charge in [0.1, 0.15) is 17.2 Å². The van der Waals surface area contributed by atoms with Crippen molar-refractivity contribution in [2.45, 2.75) is 26.4 Å². The number of halogens is 1. The highest BCUT2D eigenvalue weighted by Gasteiger charge is 2.18. The Morgan fingerprint density at radius 2 is 1.79 bits per heavy atom. The van der Waals surface area contributed by atoms with E-state index in [1.807, 2.05) is 38.1 Å². The van der Waals surface area contributed by atoms with Gasteiger partial charge in [0.25, 0.3) is 0 Å².